The molecule has 3 fully saturated rings. The number of nitrogens with two attached hydrogens (primary N) is 4. The van der Waals surface area contributed by atoms with Gasteiger partial charge in [-0.05, 0) is 72.3 Å². The number of aliphatic hydroxyl groups is 5. The fourth-order valence-corrected chi connectivity index (χ4v) is 6.34. The van der Waals surface area contributed by atoms with E-state index in [9.17, 15) is 25.5 Å². The quantitative estimate of drug-likeness (QED) is 0.0790. The summed E-state index contributed by atoms with van der Waals surface area (Å²) < 4.78 is 23.9. The first-order valence-corrected chi connectivity index (χ1v) is 17.1. The van der Waals surface area contributed by atoms with Crippen LogP contribution in [0.3, 0.4) is 0 Å². The highest BCUT2D eigenvalue weighted by atomic mass is 16.7. The zero-order valence-corrected chi connectivity index (χ0v) is 28.9. The van der Waals surface area contributed by atoms with Crippen LogP contribution in [-0.4, -0.2) is 130 Å². The molecule has 13 atom stereocenters. The van der Waals surface area contributed by atoms with E-state index in [2.05, 4.69) is 44.8 Å². The molecule has 14 heteroatoms. The van der Waals surface area contributed by atoms with Crippen LogP contribution in [0.15, 0.2) is 39.9 Å². The Balaban J connectivity index is 1.56. The predicted octanol–water partition coefficient (Wildman–Crippen LogP) is -0.373. The molecule has 3 aliphatic rings. The first kappa shape index (κ1) is 40.8. The summed E-state index contributed by atoms with van der Waals surface area (Å²) in [5.41, 5.74) is 27.6. The van der Waals surface area contributed by atoms with Crippen LogP contribution in [0.25, 0.3) is 0 Å². The van der Waals surface area contributed by atoms with Crippen molar-refractivity contribution in [3.63, 3.8) is 0 Å². The number of aliphatic imine (C=N–C) groups is 1. The van der Waals surface area contributed by atoms with E-state index in [1.54, 1.807) is 6.21 Å². The second-order valence-electron chi connectivity index (χ2n) is 14.0. The maximum absolute atomic E-state index is 11.3. The molecular weight excluding hydrogens is 622 g/mol. The number of ether oxygens (including phenoxy) is 4. The summed E-state index contributed by atoms with van der Waals surface area (Å²) in [6.07, 6.45) is 3.05. The Labute approximate surface area is 284 Å². The van der Waals surface area contributed by atoms with Crippen molar-refractivity contribution in [2.45, 2.75) is 152 Å². The molecular formula is C34H61N5O9. The molecule has 2 aliphatic heterocycles. The van der Waals surface area contributed by atoms with Crippen LogP contribution in [-0.2, 0) is 18.9 Å². The number of allylic oxidation sites excluding steroid dienone is 6. The molecule has 0 aromatic carbocycles. The van der Waals surface area contributed by atoms with Crippen molar-refractivity contribution in [2.75, 3.05) is 19.8 Å². The molecule has 0 amide bonds. The van der Waals surface area contributed by atoms with Crippen molar-refractivity contribution in [1.29, 1.82) is 0 Å². The van der Waals surface area contributed by atoms with Gasteiger partial charge >= 0.3 is 0 Å². The summed E-state index contributed by atoms with van der Waals surface area (Å²) in [5.74, 6) is 0. The zero-order valence-electron chi connectivity index (χ0n) is 28.9. The molecule has 1 saturated carbocycles. The molecule has 2 saturated heterocycles. The minimum Gasteiger partial charge on any atom is -0.394 e. The number of nitrogens with zero attached hydrogens (tertiary/aromatic N) is 1. The Morgan fingerprint density at radius 2 is 1.50 bits per heavy atom. The predicted molar refractivity (Wildman–Crippen MR) is 183 cm³/mol. The van der Waals surface area contributed by atoms with Gasteiger partial charge < -0.3 is 67.4 Å². The summed E-state index contributed by atoms with van der Waals surface area (Å²) in [6, 6.07) is -2.11. The van der Waals surface area contributed by atoms with Crippen LogP contribution >= 0.6 is 0 Å². The standard InChI is InChI=1S/C34H61N5O9/c1-19(2)7-5-8-20(3)9-6-10-21(4)11-12-39-16-26-25(42)14-24(37)33(46-26)48-31-23(36)13-22(35)30(29(31)43)47-28-15-34(38,18-41)32(44)27(17-40)45-28/h7,9,11-12,22-33,40-44H,5-6,8,10,13-18,35-38H2,1-4H3/b20-9+,21-11+,39-12?. The third-order valence-electron chi connectivity index (χ3n) is 9.42. The van der Waals surface area contributed by atoms with Crippen molar-refractivity contribution < 1.29 is 44.5 Å². The van der Waals surface area contributed by atoms with Crippen LogP contribution in [0, 0.1) is 0 Å². The largest absolute Gasteiger partial charge is 0.394 e. The van der Waals surface area contributed by atoms with E-state index < -0.39 is 92.2 Å². The first-order chi connectivity index (χ1) is 22.7. The summed E-state index contributed by atoms with van der Waals surface area (Å²) in [5, 5.41) is 51.9. The van der Waals surface area contributed by atoms with Crippen molar-refractivity contribution >= 4 is 6.21 Å². The van der Waals surface area contributed by atoms with E-state index in [4.69, 9.17) is 41.9 Å². The maximum Gasteiger partial charge on any atom is 0.173 e. The van der Waals surface area contributed by atoms with E-state index in [0.717, 1.165) is 25.7 Å². The van der Waals surface area contributed by atoms with Gasteiger partial charge in [-0.2, -0.15) is 0 Å². The van der Waals surface area contributed by atoms with Crippen LogP contribution in [0.2, 0.25) is 0 Å². The normalized spacial score (nSPS) is 39.9. The lowest BCUT2D eigenvalue weighted by molar-refractivity contribution is -0.301. The van der Waals surface area contributed by atoms with Crippen LogP contribution in [0.5, 0.6) is 0 Å². The Morgan fingerprint density at radius 3 is 2.15 bits per heavy atom. The molecule has 3 rings (SSSR count). The number of rotatable bonds is 15. The van der Waals surface area contributed by atoms with Gasteiger partial charge in [-0.25, -0.2) is 0 Å². The summed E-state index contributed by atoms with van der Waals surface area (Å²) >= 11 is 0. The summed E-state index contributed by atoms with van der Waals surface area (Å²) in [7, 11) is 0. The molecule has 0 radical (unpaired) electrons. The monoisotopic (exact) mass is 683 g/mol. The van der Waals surface area contributed by atoms with Crippen molar-refractivity contribution in [1.82, 2.24) is 0 Å². The molecule has 0 spiro atoms. The number of aliphatic hydroxyl groups excluding tert-OH is 5. The van der Waals surface area contributed by atoms with Gasteiger partial charge in [0.2, 0.25) is 0 Å². The molecule has 276 valence electrons. The third-order valence-corrected chi connectivity index (χ3v) is 9.42. The minimum atomic E-state index is -1.50. The molecule has 1 aliphatic carbocycles. The smallest absolute Gasteiger partial charge is 0.173 e. The van der Waals surface area contributed by atoms with Gasteiger partial charge in [-0.1, -0.05) is 28.9 Å². The summed E-state index contributed by atoms with van der Waals surface area (Å²) in [6.45, 7) is 7.49. The lowest BCUT2D eigenvalue weighted by Crippen LogP contribution is -2.68. The molecule has 14 nitrogen and oxygen atoms in total. The topological polar surface area (TPSA) is 255 Å². The van der Waals surface area contributed by atoms with Crippen LogP contribution < -0.4 is 22.9 Å². The molecule has 2 heterocycles. The molecule has 13 unspecified atom stereocenters. The molecule has 13 N–H and O–H groups in total. The van der Waals surface area contributed by atoms with E-state index in [-0.39, 0.29) is 25.8 Å². The number of hydrogen-bond acceptors (Lipinski definition) is 14. The minimum absolute atomic E-state index is 0.117. The van der Waals surface area contributed by atoms with Gasteiger partial charge in [0.25, 0.3) is 0 Å². The highest BCUT2D eigenvalue weighted by Gasteiger charge is 2.51. The Hall–Kier alpha value is -1.63. The van der Waals surface area contributed by atoms with E-state index in [0.29, 0.717) is 0 Å². The molecule has 0 bridgehead atoms. The first-order valence-electron chi connectivity index (χ1n) is 17.1. The Morgan fingerprint density at radius 1 is 0.854 bits per heavy atom. The fraction of sp³-hybridized carbons (Fsp3) is 0.794. The van der Waals surface area contributed by atoms with Gasteiger partial charge in [0.15, 0.2) is 12.6 Å². The Bertz CT molecular complexity index is 1120. The highest BCUT2D eigenvalue weighted by Crippen LogP contribution is 2.33. The zero-order chi connectivity index (χ0) is 35.6. The van der Waals surface area contributed by atoms with Gasteiger partial charge in [-0.3, -0.25) is 4.99 Å². The summed E-state index contributed by atoms with van der Waals surface area (Å²) in [4.78, 5) is 4.45. The van der Waals surface area contributed by atoms with Gasteiger partial charge in [0.05, 0.1) is 37.4 Å². The van der Waals surface area contributed by atoms with Crippen molar-refractivity contribution in [3.8, 4) is 0 Å². The van der Waals surface area contributed by atoms with Gasteiger partial charge in [0, 0.05) is 24.7 Å². The fourth-order valence-electron chi connectivity index (χ4n) is 6.34. The van der Waals surface area contributed by atoms with Crippen LogP contribution in [0.1, 0.15) is 72.6 Å². The lowest BCUT2D eigenvalue weighted by Gasteiger charge is -2.48. The van der Waals surface area contributed by atoms with E-state index in [1.165, 1.54) is 16.7 Å². The highest BCUT2D eigenvalue weighted by molar-refractivity contribution is 5.72. The second-order valence-corrected chi connectivity index (χ2v) is 14.0. The third kappa shape index (κ3) is 11.5. The maximum atomic E-state index is 11.3. The number of hydrogen-bond donors (Lipinski definition) is 9. The lowest BCUT2D eigenvalue weighted by atomic mass is 9.83. The average Bonchev–Trinajstić information content (AvgIpc) is 3.02. The van der Waals surface area contributed by atoms with Gasteiger partial charge in [0.1, 0.15) is 36.6 Å². The van der Waals surface area contributed by atoms with Crippen molar-refractivity contribution in [3.05, 3.63) is 34.9 Å². The van der Waals surface area contributed by atoms with Gasteiger partial charge in [-0.15, -0.1) is 0 Å². The SMILES string of the molecule is CC(C)=CCC/C(C)=C/CC/C(C)=C/C=NCC1OC(OC2C(N)CC(N)C(OC3CC(N)(CO)C(O)C(CO)O3)C2O)C(N)CC1O. The Kier molecular flexibility index (Phi) is 16.2. The average molecular weight is 684 g/mol. The van der Waals surface area contributed by atoms with E-state index >= 15 is 0 Å². The molecule has 0 aromatic heterocycles. The molecule has 0 aromatic rings. The van der Waals surface area contributed by atoms with Crippen LogP contribution in [0.4, 0.5) is 0 Å². The molecule has 48 heavy (non-hydrogen) atoms. The van der Waals surface area contributed by atoms with E-state index in [1.807, 2.05) is 6.08 Å². The second kappa shape index (κ2) is 19.1. The van der Waals surface area contributed by atoms with Crippen molar-refractivity contribution in [2.24, 2.45) is 27.9 Å².